The van der Waals surface area contributed by atoms with Gasteiger partial charge in [0.25, 0.3) is 11.8 Å². The van der Waals surface area contributed by atoms with Gasteiger partial charge in [0, 0.05) is 36.9 Å². The number of hydrogen-bond donors (Lipinski definition) is 0. The Morgan fingerprint density at radius 2 is 1.69 bits per heavy atom. The highest BCUT2D eigenvalue weighted by atomic mass is 16.3. The first-order chi connectivity index (χ1) is 15.2. The number of furan rings is 1. The summed E-state index contributed by atoms with van der Waals surface area (Å²) in [5.74, 6) is -0.464. The molecule has 0 N–H and O–H groups in total. The quantitative estimate of drug-likeness (QED) is 0.436. The predicted molar refractivity (Wildman–Crippen MR) is 124 cm³/mol. The largest absolute Gasteiger partial charge is 0.455 e. The minimum atomic E-state index is -0.548. The molecule has 1 aliphatic heterocycles. The Morgan fingerprint density at radius 3 is 2.25 bits per heavy atom. The number of hydrogen-bond acceptors (Lipinski definition) is 4. The Kier molecular flexibility index (Phi) is 5.14. The summed E-state index contributed by atoms with van der Waals surface area (Å²) in [6.07, 6.45) is 1.62. The fourth-order valence-electron chi connectivity index (χ4n) is 4.59. The van der Waals surface area contributed by atoms with E-state index in [-0.39, 0.29) is 12.1 Å². The van der Waals surface area contributed by atoms with Gasteiger partial charge < -0.3 is 8.98 Å². The molecule has 1 aromatic carbocycles. The third kappa shape index (κ3) is 3.18. The zero-order valence-corrected chi connectivity index (χ0v) is 19.2. The molecule has 3 heterocycles. The monoisotopic (exact) mass is 427 g/mol. The Morgan fingerprint density at radius 1 is 1.03 bits per heavy atom. The molecule has 6 nitrogen and oxygen atoms in total. The minimum absolute atomic E-state index is 0.0126. The Bertz CT molecular complexity index is 1380. The summed E-state index contributed by atoms with van der Waals surface area (Å²) >= 11 is 0. The Balaban J connectivity index is 1.82. The lowest BCUT2D eigenvalue weighted by Gasteiger charge is -2.25. The molecule has 4 rings (SSSR count). The van der Waals surface area contributed by atoms with Crippen LogP contribution in [-0.2, 0) is 16.6 Å². The summed E-state index contributed by atoms with van der Waals surface area (Å²) in [7, 11) is 1.99. The molecule has 6 heteroatoms. The van der Waals surface area contributed by atoms with E-state index in [9.17, 15) is 14.9 Å². The Labute approximate surface area is 187 Å². The zero-order chi connectivity index (χ0) is 23.3. The van der Waals surface area contributed by atoms with E-state index in [2.05, 4.69) is 37.5 Å². The molecule has 2 amide bonds. The van der Waals surface area contributed by atoms with Crippen LogP contribution in [0.15, 0.2) is 45.4 Å². The molecule has 0 spiro atoms. The van der Waals surface area contributed by atoms with E-state index in [0.29, 0.717) is 22.5 Å². The topological polar surface area (TPSA) is 79.2 Å². The van der Waals surface area contributed by atoms with Gasteiger partial charge in [0.05, 0.1) is 11.2 Å². The number of carbonyl (C=O) groups is 2. The maximum atomic E-state index is 12.9. The van der Waals surface area contributed by atoms with Crippen LogP contribution in [0.2, 0.25) is 0 Å². The number of fused-ring (bicyclic) bond motifs is 1. The van der Waals surface area contributed by atoms with Crippen molar-refractivity contribution in [3.05, 3.63) is 63.4 Å². The van der Waals surface area contributed by atoms with Crippen LogP contribution in [0.3, 0.4) is 0 Å². The number of carbonyl (C=O) groups excluding carboxylic acids is 2. The first kappa shape index (κ1) is 21.4. The second-order valence-corrected chi connectivity index (χ2v) is 8.28. The van der Waals surface area contributed by atoms with E-state index >= 15 is 0 Å². The highest BCUT2D eigenvalue weighted by Gasteiger charge is 2.34. The van der Waals surface area contributed by atoms with Gasteiger partial charge in [-0.3, -0.25) is 14.5 Å². The molecule has 0 radical (unpaired) electrons. The number of nitriles is 1. The average molecular weight is 428 g/mol. The normalized spacial score (nSPS) is 15.9. The van der Waals surface area contributed by atoms with Gasteiger partial charge in [0.2, 0.25) is 0 Å². The van der Waals surface area contributed by atoms with Crippen molar-refractivity contribution in [2.75, 3.05) is 6.54 Å². The lowest BCUT2D eigenvalue weighted by atomic mass is 9.95. The van der Waals surface area contributed by atoms with Gasteiger partial charge in [0.15, 0.2) is 5.58 Å². The van der Waals surface area contributed by atoms with Gasteiger partial charge in [-0.05, 0) is 57.4 Å². The van der Waals surface area contributed by atoms with Crippen LogP contribution in [0.1, 0.15) is 36.3 Å². The minimum Gasteiger partial charge on any atom is -0.455 e. The van der Waals surface area contributed by atoms with Crippen LogP contribution in [-0.4, -0.2) is 27.8 Å². The third-order valence-electron chi connectivity index (χ3n) is 6.11. The molecule has 0 aliphatic carbocycles. The number of nitrogens with zero attached hydrogens (tertiary/aromatic N) is 3. The molecule has 2 aromatic heterocycles. The maximum Gasteiger partial charge on any atom is 0.271 e. The van der Waals surface area contributed by atoms with Crippen LogP contribution < -0.4 is 0 Å². The van der Waals surface area contributed by atoms with Gasteiger partial charge in [0.1, 0.15) is 17.4 Å². The fourth-order valence-corrected chi connectivity index (χ4v) is 4.59. The number of imide groups is 1. The summed E-state index contributed by atoms with van der Waals surface area (Å²) in [4.78, 5) is 26.3. The van der Waals surface area contributed by atoms with Crippen molar-refractivity contribution >= 4 is 29.0 Å². The van der Waals surface area contributed by atoms with E-state index in [1.54, 1.807) is 19.9 Å². The molecule has 162 valence electrons. The molecule has 0 unspecified atom stereocenters. The fraction of sp³-hybridized carbons (Fsp3) is 0.269. The molecule has 0 atom stereocenters. The Hall–Kier alpha value is -3.85. The molecule has 1 aliphatic rings. The predicted octanol–water partition coefficient (Wildman–Crippen LogP) is 4.98. The number of amides is 2. The van der Waals surface area contributed by atoms with E-state index < -0.39 is 11.8 Å². The van der Waals surface area contributed by atoms with Gasteiger partial charge in [-0.15, -0.1) is 0 Å². The summed E-state index contributed by atoms with van der Waals surface area (Å²) < 4.78 is 8.14. The van der Waals surface area contributed by atoms with Gasteiger partial charge in [-0.2, -0.15) is 5.26 Å². The molecule has 0 bridgehead atoms. The lowest BCUT2D eigenvalue weighted by Crippen LogP contribution is -2.42. The first-order valence-corrected chi connectivity index (χ1v) is 10.5. The lowest BCUT2D eigenvalue weighted by molar-refractivity contribution is -0.140. The van der Waals surface area contributed by atoms with E-state index in [1.807, 2.05) is 25.2 Å². The van der Waals surface area contributed by atoms with Crippen molar-refractivity contribution in [1.82, 2.24) is 9.47 Å². The van der Waals surface area contributed by atoms with E-state index in [4.69, 9.17) is 4.42 Å². The molecule has 0 saturated heterocycles. The van der Waals surface area contributed by atoms with Crippen molar-refractivity contribution in [1.29, 1.82) is 5.26 Å². The molecular weight excluding hydrogens is 402 g/mol. The summed E-state index contributed by atoms with van der Waals surface area (Å²) in [6.45, 7) is 9.84. The van der Waals surface area contributed by atoms with Gasteiger partial charge in [-0.1, -0.05) is 17.7 Å². The molecule has 3 aromatic rings. The smallest absolute Gasteiger partial charge is 0.271 e. The number of rotatable bonds is 3. The molecule has 0 saturated carbocycles. The third-order valence-corrected chi connectivity index (χ3v) is 6.11. The van der Waals surface area contributed by atoms with Crippen molar-refractivity contribution in [3.63, 3.8) is 0 Å². The number of likely N-dealkylation sites (N-methyl/N-ethyl adjacent to an activating group) is 1. The van der Waals surface area contributed by atoms with E-state index in [1.165, 1.54) is 22.3 Å². The number of aromatic nitrogens is 1. The van der Waals surface area contributed by atoms with Gasteiger partial charge >= 0.3 is 0 Å². The SMILES string of the molecule is CCN1C(=O)C(C#N)=C(C)/C(=C/c2cc3c(cc(-c4c(C)cc(C)cc4C)n3C)o2)C1=O. The molecule has 0 fully saturated rings. The number of benzene rings is 1. The van der Waals surface area contributed by atoms with Crippen LogP contribution >= 0.6 is 0 Å². The second-order valence-electron chi connectivity index (χ2n) is 8.28. The van der Waals surface area contributed by atoms with Crippen molar-refractivity contribution in [2.45, 2.75) is 34.6 Å². The average Bonchev–Trinajstić information content (AvgIpc) is 3.24. The first-order valence-electron chi connectivity index (χ1n) is 10.5. The maximum absolute atomic E-state index is 12.9. The molecular formula is C26H25N3O3. The van der Waals surface area contributed by atoms with Crippen molar-refractivity contribution in [3.8, 4) is 17.3 Å². The van der Waals surface area contributed by atoms with Crippen LogP contribution in [0, 0.1) is 32.1 Å². The van der Waals surface area contributed by atoms with Crippen LogP contribution in [0.4, 0.5) is 0 Å². The van der Waals surface area contributed by atoms with Crippen molar-refractivity contribution in [2.24, 2.45) is 7.05 Å². The van der Waals surface area contributed by atoms with Crippen LogP contribution in [0.5, 0.6) is 0 Å². The highest BCUT2D eigenvalue weighted by Crippen LogP contribution is 2.35. The van der Waals surface area contributed by atoms with E-state index in [0.717, 1.165) is 16.1 Å². The molecule has 32 heavy (non-hydrogen) atoms. The second kappa shape index (κ2) is 7.69. The highest BCUT2D eigenvalue weighted by molar-refractivity contribution is 6.19. The van der Waals surface area contributed by atoms with Crippen molar-refractivity contribution < 1.29 is 14.0 Å². The zero-order valence-electron chi connectivity index (χ0n) is 19.2. The summed E-state index contributed by atoms with van der Waals surface area (Å²) in [5, 5.41) is 9.41. The number of aryl methyl sites for hydroxylation is 4. The van der Waals surface area contributed by atoms with Gasteiger partial charge in [-0.25, -0.2) is 0 Å². The standard InChI is InChI=1S/C26H25N3O3/c1-7-29-25(30)19(17(5)20(13-27)26(29)31)10-18-11-21-23(32-18)12-22(28(21)6)24-15(3)8-14(2)9-16(24)4/h8-12H,7H2,1-6H3/b19-10-. The summed E-state index contributed by atoms with van der Waals surface area (Å²) in [6, 6.07) is 10.2. The summed E-state index contributed by atoms with van der Waals surface area (Å²) in [5.41, 5.74) is 8.15. The van der Waals surface area contributed by atoms with Crippen LogP contribution in [0.25, 0.3) is 28.4 Å².